The Kier molecular flexibility index (Phi) is 6.11. The molecule has 1 rings (SSSR count). The molecule has 0 bridgehead atoms. The van der Waals surface area contributed by atoms with Gasteiger partial charge in [0.2, 0.25) is 0 Å². The van der Waals surface area contributed by atoms with Crippen LogP contribution in [0, 0.1) is 0 Å². The van der Waals surface area contributed by atoms with Crippen LogP contribution in [0.3, 0.4) is 0 Å². The van der Waals surface area contributed by atoms with Crippen molar-refractivity contribution in [3.63, 3.8) is 0 Å². The highest BCUT2D eigenvalue weighted by Crippen LogP contribution is 1.96. The molecule has 0 spiro atoms. The number of aromatic nitrogens is 2. The van der Waals surface area contributed by atoms with Crippen molar-refractivity contribution in [3.05, 3.63) is 18.0 Å². The van der Waals surface area contributed by atoms with Crippen molar-refractivity contribution < 1.29 is 0 Å². The lowest BCUT2D eigenvalue weighted by Crippen LogP contribution is -2.21. The van der Waals surface area contributed by atoms with E-state index in [9.17, 15) is 0 Å². The fourth-order valence-electron chi connectivity index (χ4n) is 1.67. The van der Waals surface area contributed by atoms with E-state index in [2.05, 4.69) is 35.5 Å². The van der Waals surface area contributed by atoms with Crippen molar-refractivity contribution in [1.82, 2.24) is 20.0 Å². The van der Waals surface area contributed by atoms with E-state index in [4.69, 9.17) is 0 Å². The van der Waals surface area contributed by atoms with E-state index in [1.165, 1.54) is 25.1 Å². The van der Waals surface area contributed by atoms with Gasteiger partial charge in [0, 0.05) is 31.9 Å². The second-order valence-electron chi connectivity index (χ2n) is 4.46. The van der Waals surface area contributed by atoms with Gasteiger partial charge in [0.1, 0.15) is 0 Å². The van der Waals surface area contributed by atoms with Crippen LogP contribution in [0.2, 0.25) is 0 Å². The van der Waals surface area contributed by atoms with Gasteiger partial charge in [-0.2, -0.15) is 5.10 Å². The molecular weight excluding hydrogens is 200 g/mol. The molecule has 0 saturated carbocycles. The molecule has 1 N–H and O–H groups in total. The fourth-order valence-corrected chi connectivity index (χ4v) is 1.67. The van der Waals surface area contributed by atoms with Gasteiger partial charge >= 0.3 is 0 Å². The zero-order valence-electron chi connectivity index (χ0n) is 10.7. The highest BCUT2D eigenvalue weighted by Gasteiger charge is 1.97. The molecule has 0 aromatic carbocycles. The minimum atomic E-state index is 1.04. The molecule has 0 fully saturated rings. The third-order valence-electron chi connectivity index (χ3n) is 2.69. The summed E-state index contributed by atoms with van der Waals surface area (Å²) in [4.78, 5) is 2.23. The summed E-state index contributed by atoms with van der Waals surface area (Å²) in [5.74, 6) is 0. The number of aryl methyl sites for hydroxylation is 1. The zero-order chi connectivity index (χ0) is 11.8. The average molecular weight is 224 g/mol. The molecule has 0 radical (unpaired) electrons. The number of nitrogens with zero attached hydrogens (tertiary/aromatic N) is 3. The van der Waals surface area contributed by atoms with E-state index in [-0.39, 0.29) is 0 Å². The van der Waals surface area contributed by atoms with Crippen LogP contribution >= 0.6 is 0 Å². The summed E-state index contributed by atoms with van der Waals surface area (Å²) in [6.07, 6.45) is 5.44. The Hall–Kier alpha value is -0.870. The fraction of sp³-hybridized carbons (Fsp3) is 0.750. The van der Waals surface area contributed by atoms with Crippen molar-refractivity contribution in [3.8, 4) is 0 Å². The maximum atomic E-state index is 4.15. The lowest BCUT2D eigenvalue weighted by molar-refractivity contribution is 0.392. The van der Waals surface area contributed by atoms with Crippen LogP contribution in [-0.4, -0.2) is 48.4 Å². The van der Waals surface area contributed by atoms with Gasteiger partial charge < -0.3 is 10.2 Å². The Labute approximate surface area is 98.6 Å². The van der Waals surface area contributed by atoms with Crippen molar-refractivity contribution in [2.75, 3.05) is 33.7 Å². The summed E-state index contributed by atoms with van der Waals surface area (Å²) in [7, 11) is 6.23. The van der Waals surface area contributed by atoms with Gasteiger partial charge in [-0.25, -0.2) is 0 Å². The Morgan fingerprint density at radius 1 is 1.31 bits per heavy atom. The molecule has 0 unspecified atom stereocenters. The third kappa shape index (κ3) is 5.28. The molecule has 0 aliphatic heterocycles. The van der Waals surface area contributed by atoms with Crippen molar-refractivity contribution in [2.24, 2.45) is 7.05 Å². The van der Waals surface area contributed by atoms with Crippen LogP contribution in [-0.2, 0) is 13.5 Å². The molecular formula is C12H24N4. The Balaban J connectivity index is 1.94. The van der Waals surface area contributed by atoms with Crippen molar-refractivity contribution in [1.29, 1.82) is 0 Å². The smallest absolute Gasteiger partial charge is 0.0492 e. The summed E-state index contributed by atoms with van der Waals surface area (Å²) in [6.45, 7) is 3.34. The summed E-state index contributed by atoms with van der Waals surface area (Å²) < 4.78 is 1.94. The van der Waals surface area contributed by atoms with Crippen LogP contribution in [0.15, 0.2) is 12.3 Å². The Morgan fingerprint density at radius 3 is 2.75 bits per heavy atom. The second-order valence-corrected chi connectivity index (χ2v) is 4.46. The van der Waals surface area contributed by atoms with Crippen LogP contribution in [0.25, 0.3) is 0 Å². The third-order valence-corrected chi connectivity index (χ3v) is 2.69. The Morgan fingerprint density at radius 2 is 2.12 bits per heavy atom. The van der Waals surface area contributed by atoms with Gasteiger partial charge in [0.15, 0.2) is 0 Å². The topological polar surface area (TPSA) is 33.1 Å². The SMILES string of the molecule is CN(C)CCCCNCCc1ccnn1C. The van der Waals surface area contributed by atoms with Crippen LogP contribution in [0.5, 0.6) is 0 Å². The first-order valence-electron chi connectivity index (χ1n) is 6.02. The normalized spacial score (nSPS) is 11.2. The maximum Gasteiger partial charge on any atom is 0.0492 e. The van der Waals surface area contributed by atoms with Gasteiger partial charge in [0.25, 0.3) is 0 Å². The van der Waals surface area contributed by atoms with E-state index in [1.807, 2.05) is 17.9 Å². The molecule has 0 aliphatic rings. The first kappa shape index (κ1) is 13.2. The van der Waals surface area contributed by atoms with E-state index in [0.29, 0.717) is 0 Å². The molecule has 1 aromatic rings. The Bertz CT molecular complexity index is 280. The minimum absolute atomic E-state index is 1.04. The highest BCUT2D eigenvalue weighted by atomic mass is 15.3. The monoisotopic (exact) mass is 224 g/mol. The molecule has 4 heteroatoms. The molecule has 16 heavy (non-hydrogen) atoms. The number of unbranched alkanes of at least 4 members (excludes halogenated alkanes) is 1. The molecule has 92 valence electrons. The minimum Gasteiger partial charge on any atom is -0.316 e. The van der Waals surface area contributed by atoms with Crippen LogP contribution < -0.4 is 5.32 Å². The molecule has 1 heterocycles. The standard InChI is InChI=1S/C12H24N4/c1-15(2)11-5-4-8-13-9-6-12-7-10-14-16(12)3/h7,10,13H,4-6,8-9,11H2,1-3H3. The van der Waals surface area contributed by atoms with E-state index in [1.54, 1.807) is 0 Å². The lowest BCUT2D eigenvalue weighted by atomic mass is 10.2. The molecule has 0 saturated heterocycles. The average Bonchev–Trinajstić information content (AvgIpc) is 2.62. The maximum absolute atomic E-state index is 4.15. The van der Waals surface area contributed by atoms with Gasteiger partial charge in [-0.05, 0) is 46.1 Å². The van der Waals surface area contributed by atoms with Gasteiger partial charge in [-0.1, -0.05) is 0 Å². The molecule has 1 aromatic heterocycles. The summed E-state index contributed by atoms with van der Waals surface area (Å²) in [5, 5.41) is 7.61. The van der Waals surface area contributed by atoms with Crippen LogP contribution in [0.4, 0.5) is 0 Å². The molecule has 0 aliphatic carbocycles. The lowest BCUT2D eigenvalue weighted by Gasteiger charge is -2.09. The summed E-state index contributed by atoms with van der Waals surface area (Å²) in [6, 6.07) is 2.08. The zero-order valence-corrected chi connectivity index (χ0v) is 10.7. The van der Waals surface area contributed by atoms with Gasteiger partial charge in [-0.3, -0.25) is 4.68 Å². The number of nitrogens with one attached hydrogen (secondary N) is 1. The van der Waals surface area contributed by atoms with E-state index < -0.39 is 0 Å². The van der Waals surface area contributed by atoms with Crippen molar-refractivity contribution >= 4 is 0 Å². The highest BCUT2D eigenvalue weighted by molar-refractivity contribution is 5.00. The number of rotatable bonds is 8. The molecule has 4 nitrogen and oxygen atoms in total. The molecule has 0 amide bonds. The van der Waals surface area contributed by atoms with Crippen molar-refractivity contribution in [2.45, 2.75) is 19.3 Å². The largest absolute Gasteiger partial charge is 0.316 e. The first-order valence-corrected chi connectivity index (χ1v) is 6.02. The summed E-state index contributed by atoms with van der Waals surface area (Å²) >= 11 is 0. The van der Waals surface area contributed by atoms with E-state index in [0.717, 1.165) is 19.5 Å². The number of hydrogen-bond acceptors (Lipinski definition) is 3. The predicted molar refractivity (Wildman–Crippen MR) is 67.6 cm³/mol. The van der Waals surface area contributed by atoms with Gasteiger partial charge in [0.05, 0.1) is 0 Å². The summed E-state index contributed by atoms with van der Waals surface area (Å²) in [5.41, 5.74) is 1.29. The second kappa shape index (κ2) is 7.41. The van der Waals surface area contributed by atoms with E-state index >= 15 is 0 Å². The van der Waals surface area contributed by atoms with Gasteiger partial charge in [-0.15, -0.1) is 0 Å². The number of hydrogen-bond donors (Lipinski definition) is 1. The molecule has 0 atom stereocenters. The first-order chi connectivity index (χ1) is 7.70. The quantitative estimate of drug-likeness (QED) is 0.666. The predicted octanol–water partition coefficient (Wildman–Crippen LogP) is 0.894. The van der Waals surface area contributed by atoms with Crippen LogP contribution in [0.1, 0.15) is 18.5 Å².